The number of aryl methyl sites for hydroxylation is 2. The first kappa shape index (κ1) is 13.2. The van der Waals surface area contributed by atoms with E-state index < -0.39 is 11.6 Å². The van der Waals surface area contributed by atoms with Gasteiger partial charge in [-0.15, -0.1) is 0 Å². The monoisotopic (exact) mass is 310 g/mol. The van der Waals surface area contributed by atoms with E-state index in [0.29, 0.717) is 5.56 Å². The summed E-state index contributed by atoms with van der Waals surface area (Å²) in [5.41, 5.74) is 3.65. The summed E-state index contributed by atoms with van der Waals surface area (Å²) >= 11 is 3.51. The third kappa shape index (κ3) is 2.46. The lowest BCUT2D eigenvalue weighted by Gasteiger charge is -2.17. The van der Waals surface area contributed by atoms with Gasteiger partial charge in [0, 0.05) is 11.6 Å². The Hall–Kier alpha value is -1.22. The molecule has 0 saturated carbocycles. The standard InChI is InChI=1S/C15H13BrF2/c1-9-4-3-5-10(2)14(9)15(16)12-7-6-11(17)8-13(12)18/h3-8,15H,1-2H3. The van der Waals surface area contributed by atoms with Gasteiger partial charge in [-0.05, 0) is 36.6 Å². The zero-order valence-corrected chi connectivity index (χ0v) is 11.8. The van der Waals surface area contributed by atoms with Crippen molar-refractivity contribution < 1.29 is 8.78 Å². The fourth-order valence-electron chi connectivity index (χ4n) is 2.09. The molecule has 0 aliphatic rings. The molecule has 0 aliphatic carbocycles. The van der Waals surface area contributed by atoms with Crippen molar-refractivity contribution in [2.24, 2.45) is 0 Å². The van der Waals surface area contributed by atoms with Gasteiger partial charge < -0.3 is 0 Å². The van der Waals surface area contributed by atoms with Crippen LogP contribution in [0, 0.1) is 25.5 Å². The molecule has 0 spiro atoms. The second-order valence-electron chi connectivity index (χ2n) is 4.33. The van der Waals surface area contributed by atoms with Crippen LogP contribution in [0.1, 0.15) is 27.1 Å². The van der Waals surface area contributed by atoms with Gasteiger partial charge >= 0.3 is 0 Å². The predicted molar refractivity (Wildman–Crippen MR) is 73.0 cm³/mol. The van der Waals surface area contributed by atoms with E-state index in [4.69, 9.17) is 0 Å². The van der Waals surface area contributed by atoms with E-state index in [1.807, 2.05) is 32.0 Å². The van der Waals surface area contributed by atoms with Crippen molar-refractivity contribution in [3.8, 4) is 0 Å². The van der Waals surface area contributed by atoms with Gasteiger partial charge in [-0.3, -0.25) is 0 Å². The van der Waals surface area contributed by atoms with Gasteiger partial charge in [0.25, 0.3) is 0 Å². The molecule has 0 aliphatic heterocycles. The molecule has 94 valence electrons. The second-order valence-corrected chi connectivity index (χ2v) is 5.25. The summed E-state index contributed by atoms with van der Waals surface area (Å²) in [5.74, 6) is -1.09. The summed E-state index contributed by atoms with van der Waals surface area (Å²) in [6.45, 7) is 3.97. The first-order valence-electron chi connectivity index (χ1n) is 5.66. The minimum Gasteiger partial charge on any atom is -0.207 e. The molecule has 0 heterocycles. The van der Waals surface area contributed by atoms with E-state index in [1.54, 1.807) is 0 Å². The third-order valence-corrected chi connectivity index (χ3v) is 3.98. The van der Waals surface area contributed by atoms with Gasteiger partial charge in [-0.1, -0.05) is 40.2 Å². The number of hydrogen-bond donors (Lipinski definition) is 0. The zero-order valence-electron chi connectivity index (χ0n) is 10.2. The summed E-state index contributed by atoms with van der Waals surface area (Å²) in [6.07, 6.45) is 0. The molecular formula is C15H13BrF2. The average Bonchev–Trinajstić information content (AvgIpc) is 2.28. The lowest BCUT2D eigenvalue weighted by Crippen LogP contribution is -2.01. The van der Waals surface area contributed by atoms with E-state index >= 15 is 0 Å². The summed E-state index contributed by atoms with van der Waals surface area (Å²) in [7, 11) is 0. The Balaban J connectivity index is 2.51. The molecule has 0 bridgehead atoms. The maximum Gasteiger partial charge on any atom is 0.130 e. The first-order chi connectivity index (χ1) is 8.50. The van der Waals surface area contributed by atoms with Crippen LogP contribution >= 0.6 is 15.9 Å². The molecule has 1 unspecified atom stereocenters. The normalized spacial score (nSPS) is 12.5. The number of halogens is 3. The van der Waals surface area contributed by atoms with Crippen LogP contribution in [0.5, 0.6) is 0 Å². The molecule has 2 rings (SSSR count). The maximum atomic E-state index is 13.8. The van der Waals surface area contributed by atoms with Crippen LogP contribution in [0.3, 0.4) is 0 Å². The molecule has 0 amide bonds. The van der Waals surface area contributed by atoms with Crippen molar-refractivity contribution >= 4 is 15.9 Å². The van der Waals surface area contributed by atoms with Crippen LogP contribution < -0.4 is 0 Å². The van der Waals surface area contributed by atoms with E-state index in [1.165, 1.54) is 12.1 Å². The zero-order chi connectivity index (χ0) is 13.3. The van der Waals surface area contributed by atoms with Gasteiger partial charge in [0.15, 0.2) is 0 Å². The summed E-state index contributed by atoms with van der Waals surface area (Å²) in [6, 6.07) is 9.61. The lowest BCUT2D eigenvalue weighted by atomic mass is 9.96. The fraction of sp³-hybridized carbons (Fsp3) is 0.200. The van der Waals surface area contributed by atoms with Gasteiger partial charge in [-0.25, -0.2) is 8.78 Å². The van der Waals surface area contributed by atoms with E-state index in [0.717, 1.165) is 22.8 Å². The lowest BCUT2D eigenvalue weighted by molar-refractivity contribution is 0.574. The maximum absolute atomic E-state index is 13.8. The third-order valence-electron chi connectivity index (χ3n) is 3.03. The Morgan fingerprint density at radius 2 is 1.61 bits per heavy atom. The van der Waals surface area contributed by atoms with Gasteiger partial charge in [0.2, 0.25) is 0 Å². The molecule has 2 aromatic carbocycles. The molecule has 0 aromatic heterocycles. The van der Waals surface area contributed by atoms with Crippen molar-refractivity contribution in [2.75, 3.05) is 0 Å². The largest absolute Gasteiger partial charge is 0.207 e. The van der Waals surface area contributed by atoms with Crippen molar-refractivity contribution in [2.45, 2.75) is 18.7 Å². The molecule has 1 atom stereocenters. The molecular weight excluding hydrogens is 298 g/mol. The highest BCUT2D eigenvalue weighted by Gasteiger charge is 2.18. The molecule has 2 aromatic rings. The van der Waals surface area contributed by atoms with Crippen LogP contribution in [0.15, 0.2) is 36.4 Å². The first-order valence-corrected chi connectivity index (χ1v) is 6.57. The highest BCUT2D eigenvalue weighted by molar-refractivity contribution is 9.09. The second kappa shape index (κ2) is 5.19. The smallest absolute Gasteiger partial charge is 0.130 e. The number of hydrogen-bond acceptors (Lipinski definition) is 0. The van der Waals surface area contributed by atoms with Crippen LogP contribution in [0.4, 0.5) is 8.78 Å². The van der Waals surface area contributed by atoms with Gasteiger partial charge in [0.05, 0.1) is 4.83 Å². The van der Waals surface area contributed by atoms with E-state index in [-0.39, 0.29) is 4.83 Å². The summed E-state index contributed by atoms with van der Waals surface area (Å²) in [4.78, 5) is -0.265. The van der Waals surface area contributed by atoms with Crippen molar-refractivity contribution in [3.05, 3.63) is 70.3 Å². The Morgan fingerprint density at radius 3 is 2.17 bits per heavy atom. The predicted octanol–water partition coefficient (Wildman–Crippen LogP) is 5.07. The summed E-state index contributed by atoms with van der Waals surface area (Å²) in [5, 5.41) is 0. The molecule has 0 radical (unpaired) electrons. The van der Waals surface area contributed by atoms with Crippen LogP contribution in [0.2, 0.25) is 0 Å². The molecule has 0 saturated heterocycles. The van der Waals surface area contributed by atoms with Crippen LogP contribution in [0.25, 0.3) is 0 Å². The Bertz CT molecular complexity index is 558. The molecule has 0 fully saturated rings. The quantitative estimate of drug-likeness (QED) is 0.680. The van der Waals surface area contributed by atoms with Crippen molar-refractivity contribution in [1.82, 2.24) is 0 Å². The van der Waals surface area contributed by atoms with Gasteiger partial charge in [-0.2, -0.15) is 0 Å². The van der Waals surface area contributed by atoms with E-state index in [2.05, 4.69) is 15.9 Å². The average molecular weight is 311 g/mol. The summed E-state index contributed by atoms with van der Waals surface area (Å²) < 4.78 is 26.7. The SMILES string of the molecule is Cc1cccc(C)c1C(Br)c1ccc(F)cc1F. The number of alkyl halides is 1. The Morgan fingerprint density at radius 1 is 1.00 bits per heavy atom. The fourth-order valence-corrected chi connectivity index (χ4v) is 3.18. The van der Waals surface area contributed by atoms with Crippen LogP contribution in [-0.4, -0.2) is 0 Å². The molecule has 0 nitrogen and oxygen atoms in total. The molecule has 18 heavy (non-hydrogen) atoms. The highest BCUT2D eigenvalue weighted by atomic mass is 79.9. The van der Waals surface area contributed by atoms with Crippen molar-refractivity contribution in [3.63, 3.8) is 0 Å². The minimum absolute atomic E-state index is 0.265. The number of benzene rings is 2. The van der Waals surface area contributed by atoms with Crippen LogP contribution in [-0.2, 0) is 0 Å². The molecule has 0 N–H and O–H groups in total. The highest BCUT2D eigenvalue weighted by Crippen LogP contribution is 2.36. The Labute approximate surface area is 114 Å². The minimum atomic E-state index is -0.558. The topological polar surface area (TPSA) is 0 Å². The van der Waals surface area contributed by atoms with Crippen molar-refractivity contribution in [1.29, 1.82) is 0 Å². The number of rotatable bonds is 2. The van der Waals surface area contributed by atoms with E-state index in [9.17, 15) is 8.78 Å². The molecule has 3 heteroatoms. The van der Waals surface area contributed by atoms with Gasteiger partial charge in [0.1, 0.15) is 11.6 Å². The Kier molecular flexibility index (Phi) is 3.81.